The van der Waals surface area contributed by atoms with Gasteiger partial charge < -0.3 is 19.9 Å². The Balaban J connectivity index is 1.58. The Hall–Kier alpha value is -3.31. The molecule has 5 nitrogen and oxygen atoms in total. The maximum absolute atomic E-state index is 12.5. The number of hydrogen-bond acceptors (Lipinski definition) is 4. The van der Waals surface area contributed by atoms with Crippen LogP contribution in [0.5, 0.6) is 5.75 Å². The minimum absolute atomic E-state index is 0.208. The van der Waals surface area contributed by atoms with Gasteiger partial charge in [-0.1, -0.05) is 42.5 Å². The molecule has 1 amide bonds. The van der Waals surface area contributed by atoms with E-state index in [-0.39, 0.29) is 5.91 Å². The topological polar surface area (TPSA) is 44.8 Å². The molecule has 5 heteroatoms. The molecule has 2 saturated heterocycles. The molecule has 0 bridgehead atoms. The number of carbonyl (C=O) groups is 1. The standard InChI is InChI=1S/C29H33N3O2/c1-34-24-12-10-23(11-13-24)29-25(9-5-8-22-6-3-2-4-7-22)26(31-20-17-30-18-21-31)14-15-27(29)32-19-16-28(32)33/h2-4,6-7,10-15,30H,5,8-9,16-21H2,1H3. The second kappa shape index (κ2) is 10.3. The molecule has 0 saturated carbocycles. The van der Waals surface area contributed by atoms with Gasteiger partial charge >= 0.3 is 0 Å². The number of carbonyl (C=O) groups excluding carboxylic acids is 1. The van der Waals surface area contributed by atoms with Crippen LogP contribution in [0.1, 0.15) is 24.0 Å². The van der Waals surface area contributed by atoms with Crippen LogP contribution in [0, 0.1) is 0 Å². The van der Waals surface area contributed by atoms with Crippen molar-refractivity contribution in [2.75, 3.05) is 49.6 Å². The number of ether oxygens (including phenoxy) is 1. The number of β-lactam (4-membered cyclic amide) rings is 1. The SMILES string of the molecule is COc1ccc(-c2c(N3CCC3=O)ccc(N3CCNCC3)c2CCCc2ccccc2)cc1. The van der Waals surface area contributed by atoms with Gasteiger partial charge in [0, 0.05) is 50.4 Å². The Morgan fingerprint density at radius 1 is 0.853 bits per heavy atom. The second-order valence-electron chi connectivity index (χ2n) is 9.06. The lowest BCUT2D eigenvalue weighted by atomic mass is 9.90. The summed E-state index contributed by atoms with van der Waals surface area (Å²) in [6.45, 7) is 4.77. The minimum Gasteiger partial charge on any atom is -0.497 e. The zero-order valence-electron chi connectivity index (χ0n) is 19.9. The number of anilines is 2. The Morgan fingerprint density at radius 3 is 2.24 bits per heavy atom. The molecule has 3 aromatic rings. The van der Waals surface area contributed by atoms with E-state index in [0.29, 0.717) is 6.42 Å². The number of amides is 1. The average Bonchev–Trinajstić information content (AvgIpc) is 2.89. The van der Waals surface area contributed by atoms with Crippen LogP contribution in [-0.4, -0.2) is 45.7 Å². The highest BCUT2D eigenvalue weighted by Crippen LogP contribution is 2.42. The molecule has 34 heavy (non-hydrogen) atoms. The van der Waals surface area contributed by atoms with Gasteiger partial charge in [0.1, 0.15) is 5.75 Å². The molecule has 0 unspecified atom stereocenters. The van der Waals surface area contributed by atoms with E-state index in [9.17, 15) is 4.79 Å². The molecule has 0 radical (unpaired) electrons. The van der Waals surface area contributed by atoms with E-state index >= 15 is 0 Å². The van der Waals surface area contributed by atoms with Crippen molar-refractivity contribution in [1.29, 1.82) is 0 Å². The monoisotopic (exact) mass is 455 g/mol. The first-order valence-electron chi connectivity index (χ1n) is 12.3. The van der Waals surface area contributed by atoms with Crippen LogP contribution in [0.25, 0.3) is 11.1 Å². The van der Waals surface area contributed by atoms with Crippen molar-refractivity contribution in [3.8, 4) is 16.9 Å². The van der Waals surface area contributed by atoms with E-state index in [1.165, 1.54) is 22.4 Å². The van der Waals surface area contributed by atoms with Gasteiger partial charge in [-0.2, -0.15) is 0 Å². The summed E-state index contributed by atoms with van der Waals surface area (Å²) >= 11 is 0. The van der Waals surface area contributed by atoms with E-state index in [4.69, 9.17) is 4.74 Å². The smallest absolute Gasteiger partial charge is 0.228 e. The number of benzene rings is 3. The van der Waals surface area contributed by atoms with Crippen molar-refractivity contribution in [3.63, 3.8) is 0 Å². The highest BCUT2D eigenvalue weighted by atomic mass is 16.5. The number of nitrogens with one attached hydrogen (secondary N) is 1. The van der Waals surface area contributed by atoms with Gasteiger partial charge in [0.25, 0.3) is 0 Å². The quantitative estimate of drug-likeness (QED) is 0.501. The van der Waals surface area contributed by atoms with Crippen molar-refractivity contribution >= 4 is 17.3 Å². The average molecular weight is 456 g/mol. The summed E-state index contributed by atoms with van der Waals surface area (Å²) in [4.78, 5) is 16.9. The molecule has 176 valence electrons. The van der Waals surface area contributed by atoms with E-state index in [1.54, 1.807) is 7.11 Å². The van der Waals surface area contributed by atoms with Crippen molar-refractivity contribution < 1.29 is 9.53 Å². The third-order valence-electron chi connectivity index (χ3n) is 6.98. The Labute approximate surface area is 202 Å². The van der Waals surface area contributed by atoms with Gasteiger partial charge in [-0.25, -0.2) is 0 Å². The molecule has 0 aromatic heterocycles. The summed E-state index contributed by atoms with van der Waals surface area (Å²) in [6.07, 6.45) is 3.69. The largest absolute Gasteiger partial charge is 0.497 e. The molecule has 0 aliphatic carbocycles. The second-order valence-corrected chi connectivity index (χ2v) is 9.06. The first kappa shape index (κ1) is 22.5. The Kier molecular flexibility index (Phi) is 6.82. The summed E-state index contributed by atoms with van der Waals surface area (Å²) < 4.78 is 5.42. The molecule has 1 N–H and O–H groups in total. The van der Waals surface area contributed by atoms with Gasteiger partial charge in [0.15, 0.2) is 0 Å². The van der Waals surface area contributed by atoms with Crippen LogP contribution in [0.15, 0.2) is 66.7 Å². The van der Waals surface area contributed by atoms with Gasteiger partial charge in [0.05, 0.1) is 12.8 Å². The fraction of sp³-hybridized carbons (Fsp3) is 0.345. The van der Waals surface area contributed by atoms with Crippen molar-refractivity contribution in [2.24, 2.45) is 0 Å². The number of aryl methyl sites for hydroxylation is 1. The van der Waals surface area contributed by atoms with Crippen molar-refractivity contribution in [2.45, 2.75) is 25.7 Å². The number of rotatable bonds is 8. The van der Waals surface area contributed by atoms with Crippen molar-refractivity contribution in [1.82, 2.24) is 5.32 Å². The lowest BCUT2D eigenvalue weighted by Crippen LogP contribution is -2.45. The van der Waals surface area contributed by atoms with E-state index in [1.807, 2.05) is 17.0 Å². The summed E-state index contributed by atoms with van der Waals surface area (Å²) in [5, 5.41) is 3.47. The summed E-state index contributed by atoms with van der Waals surface area (Å²) in [7, 11) is 1.69. The summed E-state index contributed by atoms with van der Waals surface area (Å²) in [5.41, 5.74) is 7.39. The molecule has 5 rings (SSSR count). The summed E-state index contributed by atoms with van der Waals surface area (Å²) in [6, 6.07) is 23.4. The van der Waals surface area contributed by atoms with Crippen LogP contribution in [0.4, 0.5) is 11.4 Å². The zero-order chi connectivity index (χ0) is 23.3. The van der Waals surface area contributed by atoms with Crippen LogP contribution < -0.4 is 19.9 Å². The lowest BCUT2D eigenvalue weighted by Gasteiger charge is -2.36. The predicted molar refractivity (Wildman–Crippen MR) is 139 cm³/mol. The molecule has 0 spiro atoms. The molecule has 2 heterocycles. The maximum atomic E-state index is 12.5. The molecule has 2 aliphatic rings. The Bertz CT molecular complexity index is 1120. The van der Waals surface area contributed by atoms with E-state index in [0.717, 1.165) is 69.0 Å². The number of piperazine rings is 1. The molecular formula is C29H33N3O2. The first-order chi connectivity index (χ1) is 16.7. The fourth-order valence-electron chi connectivity index (χ4n) is 5.07. The van der Waals surface area contributed by atoms with Crippen LogP contribution >= 0.6 is 0 Å². The highest BCUT2D eigenvalue weighted by Gasteiger charge is 2.30. The lowest BCUT2D eigenvalue weighted by molar-refractivity contribution is -0.122. The van der Waals surface area contributed by atoms with E-state index in [2.05, 4.69) is 64.8 Å². The third-order valence-corrected chi connectivity index (χ3v) is 6.98. The number of nitrogens with zero attached hydrogens (tertiary/aromatic N) is 2. The molecule has 3 aromatic carbocycles. The zero-order valence-corrected chi connectivity index (χ0v) is 19.9. The van der Waals surface area contributed by atoms with Crippen LogP contribution in [0.3, 0.4) is 0 Å². The van der Waals surface area contributed by atoms with Gasteiger partial charge in [-0.3, -0.25) is 4.79 Å². The van der Waals surface area contributed by atoms with Gasteiger partial charge in [-0.15, -0.1) is 0 Å². The predicted octanol–water partition coefficient (Wildman–Crippen LogP) is 4.68. The summed E-state index contributed by atoms with van der Waals surface area (Å²) in [5.74, 6) is 1.05. The van der Waals surface area contributed by atoms with Crippen LogP contribution in [-0.2, 0) is 17.6 Å². The fourth-order valence-corrected chi connectivity index (χ4v) is 5.07. The number of hydrogen-bond donors (Lipinski definition) is 1. The molecule has 2 fully saturated rings. The molecule has 0 atom stereocenters. The maximum Gasteiger partial charge on any atom is 0.228 e. The van der Waals surface area contributed by atoms with Crippen LogP contribution in [0.2, 0.25) is 0 Å². The van der Waals surface area contributed by atoms with Gasteiger partial charge in [-0.05, 0) is 60.2 Å². The minimum atomic E-state index is 0.208. The normalized spacial score (nSPS) is 15.9. The number of methoxy groups -OCH3 is 1. The molecule has 2 aliphatic heterocycles. The Morgan fingerprint density at radius 2 is 1.59 bits per heavy atom. The van der Waals surface area contributed by atoms with Gasteiger partial charge in [0.2, 0.25) is 5.91 Å². The third kappa shape index (κ3) is 4.66. The molecular weight excluding hydrogens is 422 g/mol. The van der Waals surface area contributed by atoms with Crippen molar-refractivity contribution in [3.05, 3.63) is 77.9 Å². The first-order valence-corrected chi connectivity index (χ1v) is 12.3. The highest BCUT2D eigenvalue weighted by molar-refractivity contribution is 6.04. The van der Waals surface area contributed by atoms with E-state index < -0.39 is 0 Å².